The number of anilines is 1. The second kappa shape index (κ2) is 7.44. The number of benzene rings is 1. The summed E-state index contributed by atoms with van der Waals surface area (Å²) >= 11 is 0. The molecule has 4 rings (SSSR count). The zero-order valence-electron chi connectivity index (χ0n) is 15.3. The quantitative estimate of drug-likeness (QED) is 0.832. The zero-order valence-corrected chi connectivity index (χ0v) is 15.3. The fourth-order valence-electron chi connectivity index (χ4n) is 3.85. The van der Waals surface area contributed by atoms with Gasteiger partial charge in [0.25, 0.3) is 0 Å². The molecule has 136 valence electrons. The van der Waals surface area contributed by atoms with Gasteiger partial charge in [0.1, 0.15) is 12.1 Å². The first kappa shape index (κ1) is 17.0. The van der Waals surface area contributed by atoms with E-state index in [1.54, 1.807) is 6.33 Å². The minimum Gasteiger partial charge on any atom is -0.350 e. The Morgan fingerprint density at radius 1 is 1.08 bits per heavy atom. The third-order valence-electron chi connectivity index (χ3n) is 5.46. The summed E-state index contributed by atoms with van der Waals surface area (Å²) in [6.07, 6.45) is 8.47. The van der Waals surface area contributed by atoms with E-state index in [1.165, 1.54) is 18.4 Å². The number of aryl methyl sites for hydroxylation is 1. The van der Waals surface area contributed by atoms with E-state index in [0.29, 0.717) is 18.5 Å². The van der Waals surface area contributed by atoms with Gasteiger partial charge in [-0.1, -0.05) is 29.8 Å². The van der Waals surface area contributed by atoms with Crippen molar-refractivity contribution in [1.82, 2.24) is 14.9 Å². The molecule has 1 aliphatic carbocycles. The van der Waals surface area contributed by atoms with Crippen LogP contribution in [0.2, 0.25) is 0 Å². The fourth-order valence-corrected chi connectivity index (χ4v) is 3.85. The van der Waals surface area contributed by atoms with Crippen molar-refractivity contribution in [3.63, 3.8) is 0 Å². The van der Waals surface area contributed by atoms with E-state index < -0.39 is 0 Å². The lowest BCUT2D eigenvalue weighted by atomic mass is 10.0. The molecule has 5 nitrogen and oxygen atoms in total. The average molecular weight is 350 g/mol. The summed E-state index contributed by atoms with van der Waals surface area (Å²) in [5.74, 6) is 1.28. The molecule has 0 N–H and O–H groups in total. The Kier molecular flexibility index (Phi) is 4.87. The number of amides is 1. The molecule has 0 atom stereocenters. The summed E-state index contributed by atoms with van der Waals surface area (Å²) in [7, 11) is 0. The summed E-state index contributed by atoms with van der Waals surface area (Å²) in [5, 5.41) is 0. The number of carbonyl (C=O) groups excluding carboxylic acids is 1. The van der Waals surface area contributed by atoms with E-state index in [0.717, 1.165) is 37.3 Å². The molecule has 1 aliphatic heterocycles. The highest BCUT2D eigenvalue weighted by Crippen LogP contribution is 2.35. The van der Waals surface area contributed by atoms with Crippen molar-refractivity contribution in [2.45, 2.75) is 51.1 Å². The summed E-state index contributed by atoms with van der Waals surface area (Å²) in [6.45, 7) is 3.74. The van der Waals surface area contributed by atoms with E-state index >= 15 is 0 Å². The van der Waals surface area contributed by atoms with E-state index in [4.69, 9.17) is 0 Å². The summed E-state index contributed by atoms with van der Waals surface area (Å²) in [6, 6.07) is 11.4. The highest BCUT2D eigenvalue weighted by atomic mass is 16.2. The van der Waals surface area contributed by atoms with Gasteiger partial charge in [0.05, 0.1) is 6.42 Å². The standard InChI is InChI=1S/C21H26N4O/c1-16-2-4-17(5-3-16)14-21(26)24-12-9-19(10-13-24)25(18-6-7-18)20-8-11-22-15-23-20/h2-5,8,11,15,18-19H,6-7,9-10,12-14H2,1H3. The number of hydrogen-bond donors (Lipinski definition) is 0. The molecule has 0 radical (unpaired) electrons. The van der Waals surface area contributed by atoms with Crippen molar-refractivity contribution in [3.8, 4) is 0 Å². The molecule has 1 aromatic heterocycles. The molecule has 2 heterocycles. The van der Waals surface area contributed by atoms with Gasteiger partial charge in [-0.05, 0) is 44.2 Å². The first-order valence-electron chi connectivity index (χ1n) is 9.58. The molecular weight excluding hydrogens is 324 g/mol. The van der Waals surface area contributed by atoms with Crippen molar-refractivity contribution in [2.24, 2.45) is 0 Å². The first-order valence-corrected chi connectivity index (χ1v) is 9.58. The van der Waals surface area contributed by atoms with Gasteiger partial charge in [0.15, 0.2) is 0 Å². The maximum atomic E-state index is 12.6. The average Bonchev–Trinajstić information content (AvgIpc) is 3.50. The molecule has 0 spiro atoms. The van der Waals surface area contributed by atoms with Crippen LogP contribution in [0.15, 0.2) is 42.9 Å². The van der Waals surface area contributed by atoms with Crippen LogP contribution in [0.3, 0.4) is 0 Å². The molecule has 2 aromatic rings. The molecule has 1 aromatic carbocycles. The second-order valence-electron chi connectivity index (χ2n) is 7.48. The first-order chi connectivity index (χ1) is 12.7. The van der Waals surface area contributed by atoms with Crippen LogP contribution in [0, 0.1) is 6.92 Å². The lowest BCUT2D eigenvalue weighted by molar-refractivity contribution is -0.131. The van der Waals surface area contributed by atoms with Crippen molar-refractivity contribution >= 4 is 11.7 Å². The molecule has 1 amide bonds. The van der Waals surface area contributed by atoms with Gasteiger partial charge in [0, 0.05) is 31.4 Å². The van der Waals surface area contributed by atoms with Crippen LogP contribution < -0.4 is 4.90 Å². The largest absolute Gasteiger partial charge is 0.350 e. The molecular formula is C21H26N4O. The van der Waals surface area contributed by atoms with Crippen LogP contribution in [-0.2, 0) is 11.2 Å². The zero-order chi connectivity index (χ0) is 17.9. The van der Waals surface area contributed by atoms with E-state index in [2.05, 4.69) is 46.1 Å². The molecule has 2 fully saturated rings. The number of aromatic nitrogens is 2. The van der Waals surface area contributed by atoms with Crippen molar-refractivity contribution in [2.75, 3.05) is 18.0 Å². The number of carbonyl (C=O) groups is 1. The number of piperidine rings is 1. The molecule has 5 heteroatoms. The van der Waals surface area contributed by atoms with Crippen LogP contribution in [-0.4, -0.2) is 45.9 Å². The number of hydrogen-bond acceptors (Lipinski definition) is 4. The van der Waals surface area contributed by atoms with Gasteiger partial charge in [-0.25, -0.2) is 9.97 Å². The van der Waals surface area contributed by atoms with Gasteiger partial charge < -0.3 is 9.80 Å². The third-order valence-corrected chi connectivity index (χ3v) is 5.46. The smallest absolute Gasteiger partial charge is 0.226 e. The Morgan fingerprint density at radius 3 is 2.38 bits per heavy atom. The predicted octanol–water partition coefficient (Wildman–Crippen LogP) is 2.99. The van der Waals surface area contributed by atoms with Gasteiger partial charge >= 0.3 is 0 Å². The number of likely N-dealkylation sites (tertiary alicyclic amines) is 1. The predicted molar refractivity (Wildman–Crippen MR) is 102 cm³/mol. The Balaban J connectivity index is 1.36. The van der Waals surface area contributed by atoms with Gasteiger partial charge in [-0.15, -0.1) is 0 Å². The summed E-state index contributed by atoms with van der Waals surface area (Å²) < 4.78 is 0. The molecule has 2 aliphatic rings. The van der Waals surface area contributed by atoms with Gasteiger partial charge in [-0.3, -0.25) is 4.79 Å². The lowest BCUT2D eigenvalue weighted by Crippen LogP contribution is -2.48. The molecule has 0 unspecified atom stereocenters. The Bertz CT molecular complexity index is 734. The summed E-state index contributed by atoms with van der Waals surface area (Å²) in [5.41, 5.74) is 2.33. The van der Waals surface area contributed by atoms with Crippen LogP contribution in [0.25, 0.3) is 0 Å². The fraction of sp³-hybridized carbons (Fsp3) is 0.476. The third kappa shape index (κ3) is 3.87. The summed E-state index contributed by atoms with van der Waals surface area (Å²) in [4.78, 5) is 25.7. The number of nitrogens with zero attached hydrogens (tertiary/aromatic N) is 4. The maximum Gasteiger partial charge on any atom is 0.226 e. The Morgan fingerprint density at radius 2 is 1.77 bits per heavy atom. The lowest BCUT2D eigenvalue weighted by Gasteiger charge is -2.39. The minimum absolute atomic E-state index is 0.243. The SMILES string of the molecule is Cc1ccc(CC(=O)N2CCC(N(c3ccncn3)C3CC3)CC2)cc1. The number of rotatable bonds is 5. The van der Waals surface area contributed by atoms with Crippen LogP contribution >= 0.6 is 0 Å². The van der Waals surface area contributed by atoms with E-state index in [9.17, 15) is 4.79 Å². The highest BCUT2D eigenvalue weighted by molar-refractivity contribution is 5.78. The molecule has 1 saturated carbocycles. The monoisotopic (exact) mass is 350 g/mol. The minimum atomic E-state index is 0.243. The maximum absolute atomic E-state index is 12.6. The normalized spacial score (nSPS) is 18.0. The van der Waals surface area contributed by atoms with Gasteiger partial charge in [-0.2, -0.15) is 0 Å². The molecule has 0 bridgehead atoms. The molecule has 26 heavy (non-hydrogen) atoms. The van der Waals surface area contributed by atoms with Crippen LogP contribution in [0.1, 0.15) is 36.8 Å². The Labute approximate surface area is 155 Å². The highest BCUT2D eigenvalue weighted by Gasteiger charge is 2.36. The van der Waals surface area contributed by atoms with Crippen molar-refractivity contribution < 1.29 is 4.79 Å². The van der Waals surface area contributed by atoms with E-state index in [1.807, 2.05) is 17.2 Å². The Hall–Kier alpha value is -2.43. The topological polar surface area (TPSA) is 49.3 Å². The van der Waals surface area contributed by atoms with E-state index in [-0.39, 0.29) is 5.91 Å². The van der Waals surface area contributed by atoms with Crippen molar-refractivity contribution in [3.05, 3.63) is 54.0 Å². The van der Waals surface area contributed by atoms with Crippen molar-refractivity contribution in [1.29, 1.82) is 0 Å². The van der Waals surface area contributed by atoms with Crippen LogP contribution in [0.5, 0.6) is 0 Å². The second-order valence-corrected chi connectivity index (χ2v) is 7.48. The van der Waals surface area contributed by atoms with Gasteiger partial charge in [0.2, 0.25) is 5.91 Å². The molecule has 1 saturated heterocycles. The van der Waals surface area contributed by atoms with Crippen LogP contribution in [0.4, 0.5) is 5.82 Å².